The summed E-state index contributed by atoms with van der Waals surface area (Å²) < 4.78 is 5.43. The molecule has 0 unspecified atom stereocenters. The summed E-state index contributed by atoms with van der Waals surface area (Å²) >= 11 is 0. The molecule has 5 heterocycles. The van der Waals surface area contributed by atoms with Crippen LogP contribution in [0.2, 0.25) is 0 Å². The zero-order valence-electron chi connectivity index (χ0n) is 14.8. The number of hydrogen-bond acceptors (Lipinski definition) is 6. The van der Waals surface area contributed by atoms with Crippen LogP contribution in [0, 0.1) is 5.92 Å². The summed E-state index contributed by atoms with van der Waals surface area (Å²) in [5.41, 5.74) is 10.1. The third-order valence-electron chi connectivity index (χ3n) is 5.41. The first-order chi connectivity index (χ1) is 13.2. The molecule has 2 aliphatic rings. The molecule has 138 valence electrons. The van der Waals surface area contributed by atoms with E-state index in [1.54, 1.807) is 12.4 Å². The maximum atomic E-state index is 12.6. The van der Waals surface area contributed by atoms with Gasteiger partial charge in [-0.15, -0.1) is 0 Å². The summed E-state index contributed by atoms with van der Waals surface area (Å²) in [7, 11) is 0. The quantitative estimate of drug-likeness (QED) is 0.735. The van der Waals surface area contributed by atoms with Gasteiger partial charge < -0.3 is 15.4 Å². The lowest BCUT2D eigenvalue weighted by molar-refractivity contribution is -0.117. The first kappa shape index (κ1) is 16.2. The number of nitrogens with one attached hydrogen (secondary N) is 1. The zero-order valence-corrected chi connectivity index (χ0v) is 14.8. The average molecular weight is 364 g/mol. The Morgan fingerprint density at radius 1 is 1.19 bits per heavy atom. The number of amides is 1. The van der Waals surface area contributed by atoms with Crippen molar-refractivity contribution in [3.05, 3.63) is 30.2 Å². The fraction of sp³-hybridized carbons (Fsp3) is 0.368. The Hall–Kier alpha value is -3.00. The van der Waals surface area contributed by atoms with Gasteiger partial charge in [-0.05, 0) is 30.9 Å². The van der Waals surface area contributed by atoms with Crippen LogP contribution in [0.25, 0.3) is 22.2 Å². The summed E-state index contributed by atoms with van der Waals surface area (Å²) in [6.07, 6.45) is 5.90. The van der Waals surface area contributed by atoms with E-state index in [0.717, 1.165) is 60.5 Å². The van der Waals surface area contributed by atoms with E-state index in [9.17, 15) is 4.79 Å². The molecule has 0 aliphatic carbocycles. The van der Waals surface area contributed by atoms with Crippen molar-refractivity contribution in [2.45, 2.75) is 19.3 Å². The molecule has 3 aromatic heterocycles. The van der Waals surface area contributed by atoms with Gasteiger partial charge in [0.2, 0.25) is 5.91 Å². The molecule has 0 bridgehead atoms. The Morgan fingerprint density at radius 3 is 2.81 bits per heavy atom. The summed E-state index contributed by atoms with van der Waals surface area (Å²) in [6.45, 7) is 2.28. The van der Waals surface area contributed by atoms with Gasteiger partial charge in [0.05, 0.1) is 23.2 Å². The molecule has 3 N–H and O–H groups in total. The number of aromatic nitrogens is 4. The van der Waals surface area contributed by atoms with Crippen LogP contribution in [0.15, 0.2) is 24.5 Å². The second kappa shape index (κ2) is 6.31. The molecule has 0 saturated carbocycles. The zero-order chi connectivity index (χ0) is 18.4. The van der Waals surface area contributed by atoms with E-state index in [0.29, 0.717) is 23.8 Å². The summed E-state index contributed by atoms with van der Waals surface area (Å²) in [6, 6.07) is 3.98. The van der Waals surface area contributed by atoms with E-state index in [2.05, 4.69) is 20.2 Å². The van der Waals surface area contributed by atoms with Crippen molar-refractivity contribution in [2.24, 2.45) is 5.92 Å². The number of nitrogens with two attached hydrogens (primary N) is 1. The van der Waals surface area contributed by atoms with Crippen LogP contribution in [0.1, 0.15) is 18.5 Å². The van der Waals surface area contributed by atoms with Crippen LogP contribution < -0.4 is 10.6 Å². The molecule has 1 amide bonds. The van der Waals surface area contributed by atoms with Crippen LogP contribution >= 0.6 is 0 Å². The van der Waals surface area contributed by atoms with E-state index in [4.69, 9.17) is 10.5 Å². The van der Waals surface area contributed by atoms with Gasteiger partial charge in [-0.1, -0.05) is 0 Å². The van der Waals surface area contributed by atoms with Crippen LogP contribution in [0.3, 0.4) is 0 Å². The molecule has 1 fully saturated rings. The molecule has 2 aliphatic heterocycles. The minimum absolute atomic E-state index is 0.119. The highest BCUT2D eigenvalue weighted by Gasteiger charge is 2.31. The highest BCUT2D eigenvalue weighted by molar-refractivity contribution is 6.01. The standard InChI is InChI=1S/C19H20N6O2/c20-18-14-5-12(9-22-19(14)24-23-18)13-6-16-15(21-8-13)7-17(26)25(16)10-11-1-3-27-4-2-11/h5-6,8-9,11H,1-4,7,10H2,(H3,20,22,23,24). The monoisotopic (exact) mass is 364 g/mol. The fourth-order valence-electron chi connectivity index (χ4n) is 3.85. The molecule has 0 aromatic carbocycles. The summed E-state index contributed by atoms with van der Waals surface area (Å²) in [4.78, 5) is 23.3. The minimum Gasteiger partial charge on any atom is -0.384 e. The predicted octanol–water partition coefficient (Wildman–Crippen LogP) is 1.92. The Morgan fingerprint density at radius 2 is 1.96 bits per heavy atom. The second-order valence-electron chi connectivity index (χ2n) is 7.16. The van der Waals surface area contributed by atoms with Crippen molar-refractivity contribution in [3.8, 4) is 11.1 Å². The van der Waals surface area contributed by atoms with Gasteiger partial charge in [0.25, 0.3) is 0 Å². The fourth-order valence-corrected chi connectivity index (χ4v) is 3.85. The highest BCUT2D eigenvalue weighted by Crippen LogP contribution is 2.34. The number of pyridine rings is 2. The van der Waals surface area contributed by atoms with Crippen LogP contribution in [-0.4, -0.2) is 45.8 Å². The number of hydrogen-bond donors (Lipinski definition) is 2. The molecule has 0 atom stereocenters. The van der Waals surface area contributed by atoms with Gasteiger partial charge in [-0.2, -0.15) is 5.10 Å². The van der Waals surface area contributed by atoms with Crippen molar-refractivity contribution in [1.29, 1.82) is 0 Å². The number of nitrogens with zero attached hydrogens (tertiary/aromatic N) is 4. The topological polar surface area (TPSA) is 110 Å². The molecule has 27 heavy (non-hydrogen) atoms. The summed E-state index contributed by atoms with van der Waals surface area (Å²) in [5.74, 6) is 1.08. The van der Waals surface area contributed by atoms with Gasteiger partial charge >= 0.3 is 0 Å². The minimum atomic E-state index is 0.119. The number of ether oxygens (including phenoxy) is 1. The maximum absolute atomic E-state index is 12.6. The van der Waals surface area contributed by atoms with Gasteiger partial charge in [0.1, 0.15) is 5.82 Å². The number of carbonyl (C=O) groups is 1. The van der Waals surface area contributed by atoms with Crippen molar-refractivity contribution < 1.29 is 9.53 Å². The van der Waals surface area contributed by atoms with Gasteiger partial charge in [0, 0.05) is 43.3 Å². The van der Waals surface area contributed by atoms with Crippen LogP contribution in [0.5, 0.6) is 0 Å². The van der Waals surface area contributed by atoms with E-state index in [-0.39, 0.29) is 5.91 Å². The third-order valence-corrected chi connectivity index (χ3v) is 5.41. The molecule has 1 saturated heterocycles. The molecule has 8 nitrogen and oxygen atoms in total. The average Bonchev–Trinajstić information content (AvgIpc) is 3.22. The van der Waals surface area contributed by atoms with E-state index >= 15 is 0 Å². The highest BCUT2D eigenvalue weighted by atomic mass is 16.5. The molecule has 0 spiro atoms. The number of anilines is 2. The number of aromatic amines is 1. The van der Waals surface area contributed by atoms with Crippen LogP contribution in [0.4, 0.5) is 11.5 Å². The Labute approximate surface area is 155 Å². The van der Waals surface area contributed by atoms with Crippen molar-refractivity contribution in [1.82, 2.24) is 20.2 Å². The number of rotatable bonds is 3. The Balaban J connectivity index is 1.49. The molecule has 3 aromatic rings. The predicted molar refractivity (Wildman–Crippen MR) is 101 cm³/mol. The summed E-state index contributed by atoms with van der Waals surface area (Å²) in [5, 5.41) is 7.58. The molecule has 0 radical (unpaired) electrons. The van der Waals surface area contributed by atoms with E-state index in [1.807, 2.05) is 17.0 Å². The van der Waals surface area contributed by atoms with Crippen molar-refractivity contribution in [2.75, 3.05) is 30.4 Å². The molecular formula is C19H20N6O2. The Kier molecular flexibility index (Phi) is 3.78. The molecule has 5 rings (SSSR count). The first-order valence-electron chi connectivity index (χ1n) is 9.16. The third kappa shape index (κ3) is 2.82. The van der Waals surface area contributed by atoms with Gasteiger partial charge in [0.15, 0.2) is 5.65 Å². The van der Waals surface area contributed by atoms with E-state index in [1.165, 1.54) is 0 Å². The first-order valence-corrected chi connectivity index (χ1v) is 9.16. The maximum Gasteiger partial charge on any atom is 0.233 e. The Bertz CT molecular complexity index is 1020. The lowest BCUT2D eigenvalue weighted by atomic mass is 9.99. The van der Waals surface area contributed by atoms with Crippen molar-refractivity contribution in [3.63, 3.8) is 0 Å². The van der Waals surface area contributed by atoms with Crippen LogP contribution in [-0.2, 0) is 16.0 Å². The lowest BCUT2D eigenvalue weighted by Crippen LogP contribution is -2.34. The smallest absolute Gasteiger partial charge is 0.233 e. The second-order valence-corrected chi connectivity index (χ2v) is 7.16. The number of fused-ring (bicyclic) bond motifs is 2. The number of carbonyl (C=O) groups excluding carboxylic acids is 1. The number of H-pyrrole nitrogens is 1. The molecular weight excluding hydrogens is 344 g/mol. The van der Waals surface area contributed by atoms with Gasteiger partial charge in [-0.25, -0.2) is 4.98 Å². The van der Waals surface area contributed by atoms with E-state index < -0.39 is 0 Å². The lowest BCUT2D eigenvalue weighted by Gasteiger charge is -2.27. The van der Waals surface area contributed by atoms with Crippen molar-refractivity contribution >= 4 is 28.4 Å². The normalized spacial score (nSPS) is 17.6. The van der Waals surface area contributed by atoms with Gasteiger partial charge in [-0.3, -0.25) is 14.9 Å². The largest absolute Gasteiger partial charge is 0.384 e. The SMILES string of the molecule is Nc1[nH]nc2ncc(-c3cnc4c(c3)N(CC3CCOCC3)C(=O)C4)cc12. The number of nitrogen functional groups attached to an aromatic ring is 1. The molecule has 8 heteroatoms.